The lowest BCUT2D eigenvalue weighted by atomic mass is 9.50. The average molecular weight is 258 g/mol. The first-order chi connectivity index (χ1) is 8.71. The van der Waals surface area contributed by atoms with Crippen molar-refractivity contribution < 1.29 is 4.74 Å². The van der Waals surface area contributed by atoms with Crippen LogP contribution in [0.15, 0.2) is 18.2 Å². The van der Waals surface area contributed by atoms with Gasteiger partial charge >= 0.3 is 0 Å². The summed E-state index contributed by atoms with van der Waals surface area (Å²) in [5.41, 5.74) is 7.79. The molecule has 1 fully saturated rings. The Labute approximate surface area is 115 Å². The van der Waals surface area contributed by atoms with Crippen molar-refractivity contribution in [1.29, 1.82) is 5.26 Å². The molecule has 0 spiro atoms. The average Bonchev–Trinajstić information content (AvgIpc) is 2.34. The summed E-state index contributed by atoms with van der Waals surface area (Å²) in [6.45, 7) is 10.5. The van der Waals surface area contributed by atoms with E-state index in [1.165, 1.54) is 0 Å². The maximum absolute atomic E-state index is 8.94. The number of nitrogens with two attached hydrogens (primary N) is 1. The van der Waals surface area contributed by atoms with E-state index < -0.39 is 0 Å². The predicted molar refractivity (Wildman–Crippen MR) is 75.8 cm³/mol. The van der Waals surface area contributed by atoms with Gasteiger partial charge in [-0.25, -0.2) is 0 Å². The quantitative estimate of drug-likeness (QED) is 0.887. The lowest BCUT2D eigenvalue weighted by Gasteiger charge is -2.61. The molecule has 0 saturated heterocycles. The second-order valence-electron chi connectivity index (χ2n) is 6.71. The van der Waals surface area contributed by atoms with Crippen molar-refractivity contribution in [3.63, 3.8) is 0 Å². The van der Waals surface area contributed by atoms with Crippen LogP contribution in [0, 0.1) is 29.1 Å². The minimum atomic E-state index is -0.0364. The maximum Gasteiger partial charge on any atom is 0.120 e. The van der Waals surface area contributed by atoms with Crippen molar-refractivity contribution in [2.45, 2.75) is 46.8 Å². The Morgan fingerprint density at radius 2 is 1.79 bits per heavy atom. The van der Waals surface area contributed by atoms with Gasteiger partial charge in [-0.1, -0.05) is 27.7 Å². The fraction of sp³-hybridized carbons (Fsp3) is 0.562. The van der Waals surface area contributed by atoms with Crippen LogP contribution in [0.1, 0.15) is 38.8 Å². The molecule has 2 N–H and O–H groups in total. The van der Waals surface area contributed by atoms with Crippen molar-refractivity contribution in [2.75, 3.05) is 0 Å². The van der Waals surface area contributed by atoms with Crippen LogP contribution >= 0.6 is 0 Å². The highest BCUT2D eigenvalue weighted by molar-refractivity contribution is 5.42. The Morgan fingerprint density at radius 3 is 2.26 bits per heavy atom. The molecule has 0 heterocycles. The molecule has 3 nitrogen and oxygen atoms in total. The smallest absolute Gasteiger partial charge is 0.120 e. The molecule has 1 aromatic rings. The number of hydrogen-bond donors (Lipinski definition) is 1. The Kier molecular flexibility index (Phi) is 3.10. The van der Waals surface area contributed by atoms with Gasteiger partial charge in [-0.2, -0.15) is 5.26 Å². The summed E-state index contributed by atoms with van der Waals surface area (Å²) in [5.74, 6) is 0.814. The van der Waals surface area contributed by atoms with E-state index in [1.807, 2.05) is 25.1 Å². The molecule has 3 heteroatoms. The van der Waals surface area contributed by atoms with Gasteiger partial charge in [-0.15, -0.1) is 0 Å². The molecule has 0 unspecified atom stereocenters. The third-order valence-corrected chi connectivity index (χ3v) is 4.53. The van der Waals surface area contributed by atoms with Gasteiger partial charge in [0.15, 0.2) is 0 Å². The number of aryl methyl sites for hydroxylation is 1. The van der Waals surface area contributed by atoms with Crippen LogP contribution in [0.25, 0.3) is 0 Å². The summed E-state index contributed by atoms with van der Waals surface area (Å²) in [7, 11) is 0. The van der Waals surface area contributed by atoms with Crippen molar-refractivity contribution in [3.05, 3.63) is 29.3 Å². The molecular weight excluding hydrogens is 236 g/mol. The number of ether oxygens (including phenoxy) is 1. The molecule has 1 aromatic carbocycles. The fourth-order valence-electron chi connectivity index (χ4n) is 3.42. The van der Waals surface area contributed by atoms with Crippen molar-refractivity contribution in [2.24, 2.45) is 16.6 Å². The molecule has 0 atom stereocenters. The molecule has 0 radical (unpaired) electrons. The van der Waals surface area contributed by atoms with Crippen LogP contribution in [0.5, 0.6) is 5.75 Å². The first-order valence-corrected chi connectivity index (χ1v) is 6.64. The van der Waals surface area contributed by atoms with Crippen molar-refractivity contribution in [1.82, 2.24) is 0 Å². The van der Waals surface area contributed by atoms with E-state index in [2.05, 4.69) is 33.8 Å². The Hall–Kier alpha value is -1.53. The topological polar surface area (TPSA) is 59.0 Å². The van der Waals surface area contributed by atoms with E-state index in [0.29, 0.717) is 5.56 Å². The molecule has 1 saturated carbocycles. The number of nitriles is 1. The molecule has 0 bridgehead atoms. The summed E-state index contributed by atoms with van der Waals surface area (Å²) in [4.78, 5) is 0. The summed E-state index contributed by atoms with van der Waals surface area (Å²) in [5, 5.41) is 8.94. The zero-order valence-corrected chi connectivity index (χ0v) is 12.3. The van der Waals surface area contributed by atoms with Crippen LogP contribution < -0.4 is 10.5 Å². The van der Waals surface area contributed by atoms with Crippen molar-refractivity contribution >= 4 is 0 Å². The number of nitrogens with zero attached hydrogens (tertiary/aromatic N) is 1. The van der Waals surface area contributed by atoms with Crippen LogP contribution in [0.2, 0.25) is 0 Å². The fourth-order valence-corrected chi connectivity index (χ4v) is 3.42. The molecule has 2 rings (SSSR count). The Morgan fingerprint density at radius 1 is 1.21 bits per heavy atom. The molecule has 1 aliphatic rings. The first-order valence-electron chi connectivity index (χ1n) is 6.64. The third kappa shape index (κ3) is 2.01. The highest BCUT2D eigenvalue weighted by Crippen LogP contribution is 2.54. The van der Waals surface area contributed by atoms with Gasteiger partial charge < -0.3 is 10.5 Å². The molecule has 102 valence electrons. The highest BCUT2D eigenvalue weighted by atomic mass is 16.5. The van der Waals surface area contributed by atoms with E-state index in [4.69, 9.17) is 15.7 Å². The summed E-state index contributed by atoms with van der Waals surface area (Å²) in [6, 6.07) is 7.89. The number of rotatable bonds is 2. The van der Waals surface area contributed by atoms with Gasteiger partial charge in [-0.05, 0) is 30.7 Å². The van der Waals surface area contributed by atoms with E-state index in [-0.39, 0.29) is 23.0 Å². The molecule has 1 aliphatic carbocycles. The van der Waals surface area contributed by atoms with Crippen LogP contribution in [0.4, 0.5) is 0 Å². The van der Waals surface area contributed by atoms with E-state index in [1.54, 1.807) is 0 Å². The molecule has 0 aliphatic heterocycles. The molecule has 19 heavy (non-hydrogen) atoms. The van der Waals surface area contributed by atoms with Gasteiger partial charge in [0.25, 0.3) is 0 Å². The number of hydrogen-bond acceptors (Lipinski definition) is 3. The second-order valence-corrected chi connectivity index (χ2v) is 6.71. The lowest BCUT2D eigenvalue weighted by Crippen LogP contribution is -2.72. The molecule has 0 aromatic heterocycles. The van der Waals surface area contributed by atoms with E-state index in [9.17, 15) is 0 Å². The predicted octanol–water partition coefficient (Wildman–Crippen LogP) is 3.01. The van der Waals surface area contributed by atoms with E-state index in [0.717, 1.165) is 11.3 Å². The molecular formula is C16H22N2O. The minimum Gasteiger partial charge on any atom is -0.489 e. The summed E-state index contributed by atoms with van der Waals surface area (Å²) >= 11 is 0. The SMILES string of the molecule is Cc1cc(O[C@H]2C(C)(C)[C@@H](N)C2(C)C)ccc1C#N. The molecule has 0 amide bonds. The van der Waals surface area contributed by atoms with Gasteiger partial charge in [0.05, 0.1) is 11.6 Å². The minimum absolute atomic E-state index is 0.0364. The second kappa shape index (κ2) is 4.25. The third-order valence-electron chi connectivity index (χ3n) is 4.53. The van der Waals surface area contributed by atoms with Gasteiger partial charge in [0.2, 0.25) is 0 Å². The van der Waals surface area contributed by atoms with Crippen LogP contribution in [-0.4, -0.2) is 12.1 Å². The summed E-state index contributed by atoms with van der Waals surface area (Å²) < 4.78 is 6.14. The van der Waals surface area contributed by atoms with Gasteiger partial charge in [0, 0.05) is 16.9 Å². The zero-order chi connectivity index (χ0) is 14.4. The summed E-state index contributed by atoms with van der Waals surface area (Å²) in [6.07, 6.45) is 0.0855. The van der Waals surface area contributed by atoms with E-state index >= 15 is 0 Å². The monoisotopic (exact) mass is 258 g/mol. The lowest BCUT2D eigenvalue weighted by molar-refractivity contribution is -0.155. The largest absolute Gasteiger partial charge is 0.489 e. The standard InChI is InChI=1S/C16H22N2O/c1-10-8-12(7-6-11(10)9-17)19-14-15(2,3)13(18)16(14,4)5/h6-8,13-14H,18H2,1-5H3/t13-,14+. The zero-order valence-electron chi connectivity index (χ0n) is 12.3. The highest BCUT2D eigenvalue weighted by Gasteiger charge is 2.61. The van der Waals surface area contributed by atoms with Crippen molar-refractivity contribution in [3.8, 4) is 11.8 Å². The first kappa shape index (κ1) is 13.9. The number of benzene rings is 1. The maximum atomic E-state index is 8.94. The Balaban J connectivity index is 2.23. The Bertz CT molecular complexity index is 524. The van der Waals surface area contributed by atoms with Gasteiger partial charge in [0.1, 0.15) is 11.9 Å². The normalized spacial score (nSPS) is 27.2. The van der Waals surface area contributed by atoms with Crippen LogP contribution in [0.3, 0.4) is 0 Å². The van der Waals surface area contributed by atoms with Crippen LogP contribution in [-0.2, 0) is 0 Å². The van der Waals surface area contributed by atoms with Gasteiger partial charge in [-0.3, -0.25) is 0 Å².